The van der Waals surface area contributed by atoms with Crippen LogP contribution in [0.15, 0.2) is 22.5 Å². The molecule has 0 fully saturated rings. The van der Waals surface area contributed by atoms with E-state index in [1.54, 1.807) is 13.0 Å². The summed E-state index contributed by atoms with van der Waals surface area (Å²) in [5.74, 6) is -0.830. The Morgan fingerprint density at radius 3 is 3.06 bits per heavy atom. The molecule has 1 aromatic heterocycles. The first-order valence-electron chi connectivity index (χ1n) is 4.62. The average Bonchev–Trinajstić information content (AvgIpc) is 2.58. The predicted octanol–water partition coefficient (Wildman–Crippen LogP) is 2.44. The average molecular weight is 254 g/mol. The number of carboxylic acid groups (broad SMARTS) is 1. The number of thioether (sulfide) groups is 1. The molecule has 3 N–H and O–H groups in total. The molecule has 16 heavy (non-hydrogen) atoms. The van der Waals surface area contributed by atoms with Gasteiger partial charge in [-0.05, 0) is 25.1 Å². The molecule has 2 aromatic rings. The molecule has 6 heteroatoms. The number of anilines is 1. The van der Waals surface area contributed by atoms with Gasteiger partial charge in [0.2, 0.25) is 0 Å². The third kappa shape index (κ3) is 2.28. The first kappa shape index (κ1) is 11.2. The number of aromatic nitrogens is 1. The number of nitrogens with two attached hydrogens (primary N) is 1. The molecule has 0 spiro atoms. The van der Waals surface area contributed by atoms with Crippen LogP contribution in [-0.4, -0.2) is 21.3 Å². The van der Waals surface area contributed by atoms with Crippen molar-refractivity contribution < 1.29 is 9.90 Å². The maximum absolute atomic E-state index is 10.7. The Balaban J connectivity index is 2.29. The third-order valence-corrected chi connectivity index (χ3v) is 4.22. The predicted molar refractivity (Wildman–Crippen MR) is 67.0 cm³/mol. The number of carboxylic acids is 1. The monoisotopic (exact) mass is 254 g/mol. The van der Waals surface area contributed by atoms with E-state index in [2.05, 4.69) is 4.98 Å². The van der Waals surface area contributed by atoms with Crippen molar-refractivity contribution in [3.8, 4) is 0 Å². The number of fused-ring (bicyclic) bond motifs is 1. The minimum atomic E-state index is -0.830. The Morgan fingerprint density at radius 1 is 1.62 bits per heavy atom. The summed E-state index contributed by atoms with van der Waals surface area (Å²) in [6, 6.07) is 5.48. The van der Waals surface area contributed by atoms with E-state index in [0.717, 1.165) is 14.6 Å². The lowest BCUT2D eigenvalue weighted by molar-refractivity contribution is -0.136. The molecule has 0 aliphatic heterocycles. The molecular weight excluding hydrogens is 244 g/mol. The highest BCUT2D eigenvalue weighted by atomic mass is 32.2. The van der Waals surface area contributed by atoms with Gasteiger partial charge in [0.25, 0.3) is 0 Å². The van der Waals surface area contributed by atoms with Gasteiger partial charge in [0.1, 0.15) is 5.25 Å². The number of nitrogen functional groups attached to an aromatic ring is 1. The zero-order chi connectivity index (χ0) is 11.7. The summed E-state index contributed by atoms with van der Waals surface area (Å²) in [5.41, 5.74) is 7.21. The van der Waals surface area contributed by atoms with Crippen LogP contribution in [-0.2, 0) is 4.79 Å². The number of hydrogen-bond donors (Lipinski definition) is 2. The quantitative estimate of drug-likeness (QED) is 0.650. The van der Waals surface area contributed by atoms with Crippen molar-refractivity contribution in [3.05, 3.63) is 18.2 Å². The number of benzene rings is 1. The fourth-order valence-corrected chi connectivity index (χ4v) is 3.37. The molecule has 0 aliphatic carbocycles. The fraction of sp³-hybridized carbons (Fsp3) is 0.200. The third-order valence-electron chi connectivity index (χ3n) is 2.02. The Morgan fingerprint density at radius 2 is 2.38 bits per heavy atom. The Hall–Kier alpha value is -1.27. The van der Waals surface area contributed by atoms with Gasteiger partial charge < -0.3 is 10.8 Å². The van der Waals surface area contributed by atoms with E-state index >= 15 is 0 Å². The Bertz CT molecular complexity index is 539. The van der Waals surface area contributed by atoms with Crippen molar-refractivity contribution in [3.63, 3.8) is 0 Å². The largest absolute Gasteiger partial charge is 0.480 e. The second-order valence-corrected chi connectivity index (χ2v) is 5.92. The van der Waals surface area contributed by atoms with Crippen LogP contribution >= 0.6 is 23.1 Å². The highest BCUT2D eigenvalue weighted by Crippen LogP contribution is 2.32. The Labute approximate surface area is 100 Å². The number of aliphatic carboxylic acids is 1. The molecule has 0 saturated carbocycles. The second kappa shape index (κ2) is 4.31. The molecule has 0 amide bonds. The first-order chi connectivity index (χ1) is 7.56. The lowest BCUT2D eigenvalue weighted by Gasteiger charge is -2.00. The van der Waals surface area contributed by atoms with Gasteiger partial charge in [-0.3, -0.25) is 4.79 Å². The van der Waals surface area contributed by atoms with Crippen LogP contribution in [0.1, 0.15) is 6.92 Å². The molecule has 0 aliphatic rings. The SMILES string of the molecule is C[C@@H](Sc1nc2ccc(N)cc2s1)C(=O)O. The van der Waals surface area contributed by atoms with Crippen LogP contribution in [0.4, 0.5) is 5.69 Å². The maximum Gasteiger partial charge on any atom is 0.316 e. The minimum absolute atomic E-state index is 0.488. The number of hydrogen-bond acceptors (Lipinski definition) is 5. The molecule has 1 atom stereocenters. The smallest absolute Gasteiger partial charge is 0.316 e. The molecule has 0 radical (unpaired) electrons. The molecule has 2 rings (SSSR count). The summed E-state index contributed by atoms with van der Waals surface area (Å²) < 4.78 is 1.75. The van der Waals surface area contributed by atoms with Gasteiger partial charge in [-0.1, -0.05) is 11.8 Å². The number of carbonyl (C=O) groups is 1. The van der Waals surface area contributed by atoms with Crippen molar-refractivity contribution in [2.75, 3.05) is 5.73 Å². The van der Waals surface area contributed by atoms with Gasteiger partial charge in [-0.2, -0.15) is 0 Å². The molecular formula is C10H10N2O2S2. The van der Waals surface area contributed by atoms with Crippen molar-refractivity contribution in [1.29, 1.82) is 0 Å². The Kier molecular flexibility index (Phi) is 3.02. The number of nitrogens with zero attached hydrogens (tertiary/aromatic N) is 1. The second-order valence-electron chi connectivity index (χ2n) is 3.31. The number of rotatable bonds is 3. The van der Waals surface area contributed by atoms with Crippen LogP contribution in [0.3, 0.4) is 0 Å². The summed E-state index contributed by atoms with van der Waals surface area (Å²) in [5, 5.41) is 8.31. The minimum Gasteiger partial charge on any atom is -0.480 e. The van der Waals surface area contributed by atoms with E-state index in [4.69, 9.17) is 10.8 Å². The molecule has 0 saturated heterocycles. The lowest BCUT2D eigenvalue weighted by Crippen LogP contribution is -2.10. The van der Waals surface area contributed by atoms with Crippen molar-refractivity contribution in [2.24, 2.45) is 0 Å². The van der Waals surface area contributed by atoms with Gasteiger partial charge >= 0.3 is 5.97 Å². The van der Waals surface area contributed by atoms with Gasteiger partial charge in [0.05, 0.1) is 10.2 Å². The van der Waals surface area contributed by atoms with E-state index in [1.807, 2.05) is 12.1 Å². The van der Waals surface area contributed by atoms with Crippen LogP contribution in [0.25, 0.3) is 10.2 Å². The fourth-order valence-electron chi connectivity index (χ4n) is 1.17. The molecule has 1 aromatic carbocycles. The van der Waals surface area contributed by atoms with Crippen LogP contribution in [0.5, 0.6) is 0 Å². The number of thiazole rings is 1. The molecule has 0 bridgehead atoms. The summed E-state index contributed by atoms with van der Waals surface area (Å²) in [6.45, 7) is 1.65. The van der Waals surface area contributed by atoms with Crippen LogP contribution in [0.2, 0.25) is 0 Å². The lowest BCUT2D eigenvalue weighted by atomic mass is 10.3. The van der Waals surface area contributed by atoms with Crippen LogP contribution in [0, 0.1) is 0 Å². The van der Waals surface area contributed by atoms with E-state index in [1.165, 1.54) is 23.1 Å². The van der Waals surface area contributed by atoms with E-state index in [9.17, 15) is 4.79 Å². The normalized spacial score (nSPS) is 12.8. The standard InChI is InChI=1S/C10H10N2O2S2/c1-5(9(13)14)15-10-12-7-3-2-6(11)4-8(7)16-10/h2-5H,11H2,1H3,(H,13,14)/t5-/m1/s1. The van der Waals surface area contributed by atoms with Gasteiger partial charge in [0, 0.05) is 5.69 Å². The summed E-state index contributed by atoms with van der Waals surface area (Å²) in [7, 11) is 0. The topological polar surface area (TPSA) is 76.2 Å². The van der Waals surface area contributed by atoms with E-state index in [0.29, 0.717) is 5.69 Å². The maximum atomic E-state index is 10.7. The van der Waals surface area contributed by atoms with Crippen molar-refractivity contribution in [2.45, 2.75) is 16.5 Å². The molecule has 4 nitrogen and oxygen atoms in total. The van der Waals surface area contributed by atoms with Gasteiger partial charge in [0.15, 0.2) is 4.34 Å². The van der Waals surface area contributed by atoms with E-state index < -0.39 is 11.2 Å². The van der Waals surface area contributed by atoms with Gasteiger partial charge in [-0.25, -0.2) is 4.98 Å². The van der Waals surface area contributed by atoms with Gasteiger partial charge in [-0.15, -0.1) is 11.3 Å². The van der Waals surface area contributed by atoms with Crippen molar-refractivity contribution in [1.82, 2.24) is 4.98 Å². The zero-order valence-corrected chi connectivity index (χ0v) is 10.1. The zero-order valence-electron chi connectivity index (χ0n) is 8.51. The van der Waals surface area contributed by atoms with Crippen molar-refractivity contribution >= 4 is 45.0 Å². The van der Waals surface area contributed by atoms with Crippen LogP contribution < -0.4 is 5.73 Å². The molecule has 84 valence electrons. The van der Waals surface area contributed by atoms with E-state index in [-0.39, 0.29) is 0 Å². The summed E-state index contributed by atoms with van der Waals surface area (Å²) >= 11 is 2.72. The highest BCUT2D eigenvalue weighted by Gasteiger charge is 2.15. The highest BCUT2D eigenvalue weighted by molar-refractivity contribution is 8.02. The summed E-state index contributed by atoms with van der Waals surface area (Å²) in [4.78, 5) is 15.0. The molecule has 1 heterocycles. The summed E-state index contributed by atoms with van der Waals surface area (Å²) in [6.07, 6.45) is 0. The molecule has 0 unspecified atom stereocenters. The first-order valence-corrected chi connectivity index (χ1v) is 6.31.